The zero-order chi connectivity index (χ0) is 20.5. The molecule has 1 nitrogen and oxygen atoms in total. The van der Waals surface area contributed by atoms with E-state index in [0.29, 0.717) is 5.41 Å². The third-order valence-electron chi connectivity index (χ3n) is 6.31. The van der Waals surface area contributed by atoms with Crippen molar-refractivity contribution >= 4 is 0 Å². The molecule has 0 aliphatic heterocycles. The highest BCUT2D eigenvalue weighted by molar-refractivity contribution is 4.86. The molecule has 0 aromatic heterocycles. The molecule has 28 heavy (non-hydrogen) atoms. The topological polar surface area (TPSA) is 9.23 Å². The van der Waals surface area contributed by atoms with Gasteiger partial charge in [-0.05, 0) is 62.7 Å². The average Bonchev–Trinajstić information content (AvgIpc) is 3.02. The third kappa shape index (κ3) is 14.3. The number of rotatable bonds is 18. The van der Waals surface area contributed by atoms with Crippen LogP contribution in [-0.4, -0.2) is 6.61 Å². The predicted molar refractivity (Wildman–Crippen MR) is 126 cm³/mol. The number of hydrogen-bond acceptors (Lipinski definition) is 1. The van der Waals surface area contributed by atoms with E-state index in [1.807, 2.05) is 0 Å². The molecule has 0 aromatic carbocycles. The van der Waals surface area contributed by atoms with Crippen LogP contribution in [0.3, 0.4) is 0 Å². The molecule has 0 radical (unpaired) electrons. The van der Waals surface area contributed by atoms with Gasteiger partial charge in [-0.25, -0.2) is 0 Å². The molecule has 1 aliphatic rings. The normalized spacial score (nSPS) is 18.8. The van der Waals surface area contributed by atoms with E-state index in [1.165, 1.54) is 103 Å². The van der Waals surface area contributed by atoms with E-state index in [9.17, 15) is 0 Å². The van der Waals surface area contributed by atoms with Crippen LogP contribution >= 0.6 is 0 Å². The van der Waals surface area contributed by atoms with E-state index < -0.39 is 0 Å². The molecule has 0 bridgehead atoms. The summed E-state index contributed by atoms with van der Waals surface area (Å²) in [5.41, 5.74) is 0.527. The van der Waals surface area contributed by atoms with Gasteiger partial charge in [-0.1, -0.05) is 90.9 Å². The fourth-order valence-corrected chi connectivity index (χ4v) is 4.42. The maximum absolute atomic E-state index is 5.93. The summed E-state index contributed by atoms with van der Waals surface area (Å²) in [6.07, 6.45) is 27.5. The summed E-state index contributed by atoms with van der Waals surface area (Å²) in [4.78, 5) is 0. The van der Waals surface area contributed by atoms with Crippen LogP contribution in [0.25, 0.3) is 0 Å². The highest BCUT2D eigenvalue weighted by Crippen LogP contribution is 2.41. The van der Waals surface area contributed by atoms with Crippen molar-refractivity contribution in [1.29, 1.82) is 0 Å². The van der Waals surface area contributed by atoms with Gasteiger partial charge in [0, 0.05) is 6.42 Å². The molecule has 0 spiro atoms. The fraction of sp³-hybridized carbons (Fsp3) is 0.852. The largest absolute Gasteiger partial charge is 0.498 e. The van der Waals surface area contributed by atoms with Gasteiger partial charge in [-0.15, -0.1) is 0 Å². The maximum Gasteiger partial charge on any atom is 0.0905 e. The maximum atomic E-state index is 5.93. The minimum absolute atomic E-state index is 0.527. The molecule has 164 valence electrons. The van der Waals surface area contributed by atoms with Crippen molar-refractivity contribution in [2.24, 2.45) is 11.3 Å². The Balaban J connectivity index is 1.81. The van der Waals surface area contributed by atoms with Gasteiger partial charge >= 0.3 is 0 Å². The molecule has 1 saturated carbocycles. The molecule has 0 heterocycles. The molecule has 1 heteroatoms. The van der Waals surface area contributed by atoms with E-state index in [-0.39, 0.29) is 0 Å². The zero-order valence-electron chi connectivity index (χ0n) is 19.6. The molecule has 1 unspecified atom stereocenters. The average molecular weight is 391 g/mol. The van der Waals surface area contributed by atoms with Crippen LogP contribution in [0.5, 0.6) is 0 Å². The summed E-state index contributed by atoms with van der Waals surface area (Å²) in [6.45, 7) is 12.1. The van der Waals surface area contributed by atoms with Crippen LogP contribution in [0.2, 0.25) is 0 Å². The predicted octanol–water partition coefficient (Wildman–Crippen LogP) is 9.38. The van der Waals surface area contributed by atoms with Gasteiger partial charge in [0.2, 0.25) is 0 Å². The summed E-state index contributed by atoms with van der Waals surface area (Å²) in [5, 5.41) is 0. The van der Waals surface area contributed by atoms with Crippen molar-refractivity contribution < 1.29 is 4.74 Å². The van der Waals surface area contributed by atoms with E-state index in [2.05, 4.69) is 39.5 Å². The van der Waals surface area contributed by atoms with Crippen LogP contribution in [-0.2, 0) is 4.74 Å². The Labute approximate surface area is 177 Å². The number of unbranched alkanes of at least 4 members (excludes halogenated alkanes) is 11. The van der Waals surface area contributed by atoms with E-state index in [0.717, 1.165) is 24.7 Å². The summed E-state index contributed by atoms with van der Waals surface area (Å²) in [5.74, 6) is 1.77. The van der Waals surface area contributed by atoms with Gasteiger partial charge in [-0.3, -0.25) is 0 Å². The zero-order valence-corrected chi connectivity index (χ0v) is 19.6. The molecule has 1 atom stereocenters. The molecule has 0 aromatic rings. The van der Waals surface area contributed by atoms with Crippen LogP contribution in [0.4, 0.5) is 0 Å². The van der Waals surface area contributed by atoms with Crippen molar-refractivity contribution in [3.05, 3.63) is 24.5 Å². The Kier molecular flexibility index (Phi) is 14.6. The first-order valence-electron chi connectivity index (χ1n) is 12.5. The lowest BCUT2D eigenvalue weighted by Crippen LogP contribution is -2.09. The summed E-state index contributed by atoms with van der Waals surface area (Å²) in [7, 11) is 0. The van der Waals surface area contributed by atoms with E-state index in [4.69, 9.17) is 4.74 Å². The Bertz CT molecular complexity index is 406. The Morgan fingerprint density at radius 1 is 0.893 bits per heavy atom. The van der Waals surface area contributed by atoms with Crippen molar-refractivity contribution in [2.45, 2.75) is 130 Å². The summed E-state index contributed by atoms with van der Waals surface area (Å²) in [6, 6.07) is 0. The molecule has 0 saturated heterocycles. The number of ether oxygens (including phenoxy) is 1. The second kappa shape index (κ2) is 16.1. The van der Waals surface area contributed by atoms with Crippen LogP contribution < -0.4 is 0 Å². The van der Waals surface area contributed by atoms with Crippen LogP contribution in [0.15, 0.2) is 24.5 Å². The van der Waals surface area contributed by atoms with Gasteiger partial charge in [0.15, 0.2) is 0 Å². The highest BCUT2D eigenvalue weighted by atomic mass is 16.5. The highest BCUT2D eigenvalue weighted by Gasteiger charge is 2.31. The van der Waals surface area contributed by atoms with Gasteiger partial charge in [0.1, 0.15) is 0 Å². The van der Waals surface area contributed by atoms with Gasteiger partial charge in [0.25, 0.3) is 0 Å². The Morgan fingerprint density at radius 2 is 1.46 bits per heavy atom. The van der Waals surface area contributed by atoms with Gasteiger partial charge in [-0.2, -0.15) is 0 Å². The van der Waals surface area contributed by atoms with Crippen molar-refractivity contribution in [3.8, 4) is 0 Å². The molecule has 0 amide bonds. The molecule has 1 rings (SSSR count). The van der Waals surface area contributed by atoms with Gasteiger partial charge < -0.3 is 4.74 Å². The number of allylic oxidation sites excluding steroid dienone is 3. The first-order chi connectivity index (χ1) is 13.5. The molecule has 0 N–H and O–H groups in total. The third-order valence-corrected chi connectivity index (χ3v) is 6.31. The summed E-state index contributed by atoms with van der Waals surface area (Å²) < 4.78 is 5.93. The molecular weight excluding hydrogens is 340 g/mol. The Hall–Kier alpha value is -0.720. The lowest BCUT2D eigenvalue weighted by atomic mass is 9.91. The monoisotopic (exact) mass is 390 g/mol. The van der Waals surface area contributed by atoms with E-state index in [1.54, 1.807) is 0 Å². The lowest BCUT2D eigenvalue weighted by molar-refractivity contribution is 0.153. The number of hydrogen-bond donors (Lipinski definition) is 0. The minimum Gasteiger partial charge on any atom is -0.498 e. The smallest absolute Gasteiger partial charge is 0.0905 e. The molecule has 1 aliphatic carbocycles. The SMILES string of the molecule is C=C(CCCCCCC/C=C\CCCCCCCC)OCC1CCC(C)(C)C1. The quantitative estimate of drug-likeness (QED) is 0.129. The second-order valence-corrected chi connectivity index (χ2v) is 9.96. The Morgan fingerprint density at radius 3 is 2.04 bits per heavy atom. The lowest BCUT2D eigenvalue weighted by Gasteiger charge is -2.18. The van der Waals surface area contributed by atoms with Crippen molar-refractivity contribution in [3.63, 3.8) is 0 Å². The first kappa shape index (κ1) is 25.3. The molecular formula is C27H50O. The van der Waals surface area contributed by atoms with Crippen molar-refractivity contribution in [2.75, 3.05) is 6.61 Å². The van der Waals surface area contributed by atoms with Crippen molar-refractivity contribution in [1.82, 2.24) is 0 Å². The second-order valence-electron chi connectivity index (χ2n) is 9.96. The minimum atomic E-state index is 0.527. The van der Waals surface area contributed by atoms with E-state index >= 15 is 0 Å². The van der Waals surface area contributed by atoms with Crippen LogP contribution in [0, 0.1) is 11.3 Å². The van der Waals surface area contributed by atoms with Gasteiger partial charge in [0.05, 0.1) is 12.4 Å². The molecule has 1 fully saturated rings. The standard InChI is InChI=1S/C27H50O/c1-5-6-7-8-9-10-11-12-13-14-15-16-17-18-19-20-25(2)28-24-26-21-22-27(3,4)23-26/h12-13,26H,2,5-11,14-24H2,1,3-4H3/b13-12-. The van der Waals surface area contributed by atoms with Crippen LogP contribution in [0.1, 0.15) is 130 Å². The summed E-state index contributed by atoms with van der Waals surface area (Å²) >= 11 is 0. The first-order valence-corrected chi connectivity index (χ1v) is 12.5. The fourth-order valence-electron chi connectivity index (χ4n) is 4.42.